The topological polar surface area (TPSA) is 70.9 Å². The number of carbonyl (C=O) groups is 1. The average molecular weight is 535 g/mol. The van der Waals surface area contributed by atoms with Gasteiger partial charge in [-0.15, -0.1) is 0 Å². The molecule has 3 rings (SSSR count). The van der Waals surface area contributed by atoms with Gasteiger partial charge in [0.05, 0.1) is 30.8 Å². The summed E-state index contributed by atoms with van der Waals surface area (Å²) in [6, 6.07) is 8.57. The number of phenolic OH excluding ortho intramolecular Hbond substituents is 1. The molecule has 0 bridgehead atoms. The van der Waals surface area contributed by atoms with Crippen molar-refractivity contribution in [2.24, 2.45) is 4.99 Å². The van der Waals surface area contributed by atoms with E-state index in [1.807, 2.05) is 29.5 Å². The van der Waals surface area contributed by atoms with Crippen molar-refractivity contribution in [1.29, 1.82) is 0 Å². The van der Waals surface area contributed by atoms with E-state index in [4.69, 9.17) is 27.9 Å². The summed E-state index contributed by atoms with van der Waals surface area (Å²) in [6.07, 6.45) is 1.71. The first-order chi connectivity index (χ1) is 12.9. The predicted molar refractivity (Wildman–Crippen MR) is 119 cm³/mol. The Bertz CT molecular complexity index is 979. The Labute approximate surface area is 183 Å². The van der Waals surface area contributed by atoms with Crippen LogP contribution in [0.15, 0.2) is 40.2 Å². The number of benzene rings is 2. The second-order valence-electron chi connectivity index (χ2n) is 5.34. The summed E-state index contributed by atoms with van der Waals surface area (Å²) >= 11 is 15.3. The summed E-state index contributed by atoms with van der Waals surface area (Å²) in [5.74, 6) is 0.193. The van der Waals surface area contributed by atoms with E-state index in [0.29, 0.717) is 41.7 Å². The number of carbonyl (C=O) groups excluding carboxylic acids is 1. The molecule has 1 amide bonds. The molecule has 9 heteroatoms. The van der Waals surface area contributed by atoms with Crippen LogP contribution in [0.4, 0.5) is 5.69 Å². The lowest BCUT2D eigenvalue weighted by Crippen LogP contribution is -2.19. The fourth-order valence-electron chi connectivity index (χ4n) is 2.26. The number of thioether (sulfide) groups is 1. The number of nitrogens with zero attached hydrogens (tertiary/aromatic N) is 1. The Morgan fingerprint density at radius 2 is 2.15 bits per heavy atom. The third-order valence-electron chi connectivity index (χ3n) is 3.45. The number of phenols is 1. The maximum atomic E-state index is 12.3. The van der Waals surface area contributed by atoms with Crippen LogP contribution in [-0.2, 0) is 4.79 Å². The molecule has 0 aliphatic carbocycles. The van der Waals surface area contributed by atoms with Crippen LogP contribution in [0.5, 0.6) is 11.5 Å². The van der Waals surface area contributed by atoms with Crippen LogP contribution >= 0.6 is 57.6 Å². The molecule has 0 saturated carbocycles. The Kier molecular flexibility index (Phi) is 6.56. The number of hydrogen-bond donors (Lipinski definition) is 2. The number of amides is 1. The summed E-state index contributed by atoms with van der Waals surface area (Å²) in [6.45, 7) is 2.26. The second kappa shape index (κ2) is 8.72. The zero-order valence-corrected chi connectivity index (χ0v) is 18.4. The predicted octanol–water partition coefficient (Wildman–Crippen LogP) is 5.59. The first kappa shape index (κ1) is 20.3. The molecule has 0 atom stereocenters. The van der Waals surface area contributed by atoms with Gasteiger partial charge in [-0.25, -0.2) is 4.99 Å². The zero-order valence-electron chi connectivity index (χ0n) is 13.9. The smallest absolute Gasteiger partial charge is 0.264 e. The molecule has 1 heterocycles. The molecule has 1 aliphatic rings. The summed E-state index contributed by atoms with van der Waals surface area (Å²) < 4.78 is 6.06. The zero-order chi connectivity index (χ0) is 19.6. The lowest BCUT2D eigenvalue weighted by Gasteiger charge is -2.08. The van der Waals surface area contributed by atoms with Crippen molar-refractivity contribution in [1.82, 2.24) is 5.32 Å². The highest BCUT2D eigenvalue weighted by Gasteiger charge is 2.24. The molecular formula is C18H13Cl2IN2O3S. The standard InChI is InChI=1S/C18H13Cl2IN2O3S/c1-2-26-13-7-9(6-11(21)16(13)24)8-14-17(25)23-18(27-14)22-12-5-3-4-10(19)15(12)20/h3-8,24H,2H2,1H3,(H,22,23,25)/b14-8+. The van der Waals surface area contributed by atoms with Crippen LogP contribution in [0.2, 0.25) is 10.0 Å². The summed E-state index contributed by atoms with van der Waals surface area (Å²) in [5.41, 5.74) is 1.21. The highest BCUT2D eigenvalue weighted by Crippen LogP contribution is 2.36. The van der Waals surface area contributed by atoms with Gasteiger partial charge in [-0.3, -0.25) is 4.79 Å². The molecule has 0 unspecified atom stereocenters. The van der Waals surface area contributed by atoms with Crippen LogP contribution < -0.4 is 10.1 Å². The number of aliphatic imine (C=N–C) groups is 1. The van der Waals surface area contributed by atoms with Crippen LogP contribution in [0, 0.1) is 3.57 Å². The van der Waals surface area contributed by atoms with Crippen molar-refractivity contribution >= 4 is 80.4 Å². The number of halogens is 3. The number of aromatic hydroxyl groups is 1. The Balaban J connectivity index is 1.90. The monoisotopic (exact) mass is 534 g/mol. The van der Waals surface area contributed by atoms with Gasteiger partial charge in [0.15, 0.2) is 16.7 Å². The van der Waals surface area contributed by atoms with E-state index in [0.717, 1.165) is 5.56 Å². The lowest BCUT2D eigenvalue weighted by molar-refractivity contribution is -0.115. The van der Waals surface area contributed by atoms with Gasteiger partial charge in [0.1, 0.15) is 0 Å². The summed E-state index contributed by atoms with van der Waals surface area (Å²) in [5, 5.41) is 13.9. The number of amidine groups is 1. The summed E-state index contributed by atoms with van der Waals surface area (Å²) in [4.78, 5) is 17.1. The molecule has 2 N–H and O–H groups in total. The molecule has 0 spiro atoms. The van der Waals surface area contributed by atoms with Gasteiger partial charge in [0.2, 0.25) is 0 Å². The minimum absolute atomic E-state index is 0.0842. The fraction of sp³-hybridized carbons (Fsp3) is 0.111. The Hall–Kier alpha value is -1.42. The van der Waals surface area contributed by atoms with Crippen molar-refractivity contribution in [3.05, 3.63) is 54.4 Å². The van der Waals surface area contributed by atoms with Crippen molar-refractivity contribution in [2.75, 3.05) is 6.61 Å². The molecule has 0 aromatic heterocycles. The number of ether oxygens (including phenoxy) is 1. The molecule has 5 nitrogen and oxygen atoms in total. The van der Waals surface area contributed by atoms with Gasteiger partial charge >= 0.3 is 0 Å². The van der Waals surface area contributed by atoms with Crippen LogP contribution in [0.25, 0.3) is 6.08 Å². The highest BCUT2D eigenvalue weighted by molar-refractivity contribution is 14.1. The van der Waals surface area contributed by atoms with Gasteiger partial charge in [0, 0.05) is 0 Å². The first-order valence-electron chi connectivity index (χ1n) is 7.78. The quantitative estimate of drug-likeness (QED) is 0.396. The van der Waals surface area contributed by atoms with E-state index in [1.165, 1.54) is 11.8 Å². The minimum atomic E-state index is -0.266. The maximum absolute atomic E-state index is 12.3. The second-order valence-corrected chi connectivity index (χ2v) is 8.32. The van der Waals surface area contributed by atoms with E-state index >= 15 is 0 Å². The normalized spacial score (nSPS) is 16.8. The third-order valence-corrected chi connectivity index (χ3v) is 5.99. The van der Waals surface area contributed by atoms with Crippen LogP contribution in [0.3, 0.4) is 0 Å². The molecule has 2 aromatic carbocycles. The summed E-state index contributed by atoms with van der Waals surface area (Å²) in [7, 11) is 0. The lowest BCUT2D eigenvalue weighted by atomic mass is 10.2. The molecule has 1 saturated heterocycles. The van der Waals surface area contributed by atoms with Gasteiger partial charge in [0.25, 0.3) is 5.91 Å². The van der Waals surface area contributed by atoms with Gasteiger partial charge in [-0.05, 0) is 77.2 Å². The molecule has 140 valence electrons. The van der Waals surface area contributed by atoms with E-state index in [2.05, 4.69) is 10.3 Å². The minimum Gasteiger partial charge on any atom is -0.504 e. The third kappa shape index (κ3) is 4.71. The van der Waals surface area contributed by atoms with Crippen molar-refractivity contribution < 1.29 is 14.6 Å². The number of hydrogen-bond acceptors (Lipinski definition) is 5. The molecule has 0 radical (unpaired) electrons. The maximum Gasteiger partial charge on any atom is 0.264 e. The van der Waals surface area contributed by atoms with Crippen LogP contribution in [0.1, 0.15) is 12.5 Å². The molecular weight excluding hydrogens is 522 g/mol. The molecule has 27 heavy (non-hydrogen) atoms. The van der Waals surface area contributed by atoms with E-state index in [1.54, 1.807) is 36.4 Å². The van der Waals surface area contributed by atoms with Crippen molar-refractivity contribution in [3.63, 3.8) is 0 Å². The van der Waals surface area contributed by atoms with Gasteiger partial charge in [-0.1, -0.05) is 29.3 Å². The van der Waals surface area contributed by atoms with Crippen molar-refractivity contribution in [3.8, 4) is 11.5 Å². The fourth-order valence-corrected chi connectivity index (χ4v) is 4.06. The Morgan fingerprint density at radius 3 is 2.89 bits per heavy atom. The van der Waals surface area contributed by atoms with E-state index < -0.39 is 0 Å². The molecule has 2 aromatic rings. The van der Waals surface area contributed by atoms with E-state index in [9.17, 15) is 9.90 Å². The molecule has 1 fully saturated rings. The van der Waals surface area contributed by atoms with E-state index in [-0.39, 0.29) is 11.7 Å². The number of nitrogens with one attached hydrogen (secondary N) is 1. The SMILES string of the molecule is CCOc1cc(/C=C2/SC(=Nc3cccc(Cl)c3Cl)NC2=O)cc(I)c1O. The Morgan fingerprint density at radius 1 is 1.37 bits per heavy atom. The van der Waals surface area contributed by atoms with Gasteiger partial charge < -0.3 is 15.2 Å². The number of rotatable bonds is 4. The average Bonchev–Trinajstić information content (AvgIpc) is 2.96. The van der Waals surface area contributed by atoms with Crippen LogP contribution in [-0.4, -0.2) is 22.8 Å². The first-order valence-corrected chi connectivity index (χ1v) is 10.4. The van der Waals surface area contributed by atoms with Gasteiger partial charge in [-0.2, -0.15) is 0 Å². The highest BCUT2D eigenvalue weighted by atomic mass is 127. The molecule has 1 aliphatic heterocycles. The van der Waals surface area contributed by atoms with Crippen molar-refractivity contribution in [2.45, 2.75) is 6.92 Å². The largest absolute Gasteiger partial charge is 0.504 e.